The molecule has 8 rings (SSSR count). The van der Waals surface area contributed by atoms with Crippen molar-refractivity contribution in [3.8, 4) is 34.3 Å². The average molecular weight is 726 g/mol. The number of aliphatic carboxylic acids is 1. The lowest BCUT2D eigenvalue weighted by atomic mass is 9.91. The van der Waals surface area contributed by atoms with Crippen molar-refractivity contribution in [3.63, 3.8) is 0 Å². The van der Waals surface area contributed by atoms with E-state index in [9.17, 15) is 15.0 Å². The van der Waals surface area contributed by atoms with Gasteiger partial charge in [-0.1, -0.05) is 29.3 Å². The molecule has 0 spiro atoms. The third kappa shape index (κ3) is 6.67. The van der Waals surface area contributed by atoms with Gasteiger partial charge in [0.15, 0.2) is 5.75 Å². The molecule has 4 aromatic rings. The Morgan fingerprint density at radius 3 is 2.51 bits per heavy atom. The number of allylic oxidation sites excluding steroid dienone is 2. The van der Waals surface area contributed by atoms with Gasteiger partial charge in [0.05, 0.1) is 15.4 Å². The summed E-state index contributed by atoms with van der Waals surface area (Å²) in [6.07, 6.45) is 4.55. The van der Waals surface area contributed by atoms with Crippen LogP contribution >= 0.6 is 34.5 Å². The first-order chi connectivity index (χ1) is 23.6. The Balaban J connectivity index is 1.44. The monoisotopic (exact) mass is 724 g/mol. The summed E-state index contributed by atoms with van der Waals surface area (Å²) in [5, 5.41) is 22.5. The normalized spacial score (nSPS) is 20.4. The number of hydrogen-bond donors (Lipinski definition) is 2. The van der Waals surface area contributed by atoms with Crippen molar-refractivity contribution in [2.24, 2.45) is 0 Å². The van der Waals surface area contributed by atoms with Gasteiger partial charge in [0, 0.05) is 55.1 Å². The van der Waals surface area contributed by atoms with Crippen molar-refractivity contribution < 1.29 is 29.2 Å². The highest BCUT2D eigenvalue weighted by molar-refractivity contribution is 7.20. The van der Waals surface area contributed by atoms with E-state index < -0.39 is 18.2 Å². The average Bonchev–Trinajstić information content (AvgIpc) is 3.75. The van der Waals surface area contributed by atoms with Crippen LogP contribution < -0.4 is 14.2 Å². The second-order valence-corrected chi connectivity index (χ2v) is 14.7. The minimum atomic E-state index is -1.37. The highest BCUT2D eigenvalue weighted by Crippen LogP contribution is 2.52. The molecule has 1 fully saturated rings. The summed E-state index contributed by atoms with van der Waals surface area (Å²) in [6, 6.07) is 4.78. The molecule has 2 aromatic heterocycles. The number of likely N-dealkylation sites (N-methyl/N-ethyl adjacent to an activating group) is 1. The second-order valence-electron chi connectivity index (χ2n) is 13.0. The summed E-state index contributed by atoms with van der Waals surface area (Å²) in [5.41, 5.74) is 4.70. The first-order valence-corrected chi connectivity index (χ1v) is 18.0. The zero-order valence-electron chi connectivity index (χ0n) is 27.6. The Kier molecular flexibility index (Phi) is 9.64. The number of rotatable bonds is 4. The Bertz CT molecular complexity index is 1930. The van der Waals surface area contributed by atoms with Gasteiger partial charge in [-0.2, -0.15) is 0 Å². The zero-order chi connectivity index (χ0) is 34.4. The number of fused-ring (bicyclic) bond motifs is 7. The van der Waals surface area contributed by atoms with Crippen LogP contribution in [0.5, 0.6) is 23.1 Å². The fourth-order valence-electron chi connectivity index (χ4n) is 6.88. The molecule has 5 heterocycles. The Labute approximate surface area is 298 Å². The minimum Gasteiger partial charge on any atom is -0.508 e. The molecule has 10 nitrogen and oxygen atoms in total. The van der Waals surface area contributed by atoms with Crippen LogP contribution in [0.3, 0.4) is 0 Å². The van der Waals surface area contributed by atoms with Crippen LogP contribution in [0.4, 0.5) is 0 Å². The van der Waals surface area contributed by atoms with E-state index in [1.54, 1.807) is 12.1 Å². The van der Waals surface area contributed by atoms with Crippen LogP contribution in [0.15, 0.2) is 30.6 Å². The van der Waals surface area contributed by atoms with Crippen LogP contribution in [0.1, 0.15) is 40.8 Å². The van der Waals surface area contributed by atoms with Gasteiger partial charge >= 0.3 is 5.97 Å². The van der Waals surface area contributed by atoms with Crippen molar-refractivity contribution in [3.05, 3.63) is 62.2 Å². The minimum absolute atomic E-state index is 0.0627. The van der Waals surface area contributed by atoms with E-state index in [0.29, 0.717) is 43.9 Å². The first kappa shape index (κ1) is 33.9. The van der Waals surface area contributed by atoms with Crippen molar-refractivity contribution in [2.75, 3.05) is 46.4 Å². The molecule has 0 amide bonds. The van der Waals surface area contributed by atoms with Gasteiger partial charge in [-0.15, -0.1) is 11.3 Å². The topological polar surface area (TPSA) is 117 Å². The predicted molar refractivity (Wildman–Crippen MR) is 192 cm³/mol. The maximum atomic E-state index is 12.7. The number of hydrogen-bond acceptors (Lipinski definition) is 10. The molecule has 0 radical (unpaired) electrons. The lowest BCUT2D eigenvalue weighted by molar-refractivity contribution is -0.145. The lowest BCUT2D eigenvalue weighted by Crippen LogP contribution is -2.49. The summed E-state index contributed by atoms with van der Waals surface area (Å²) in [6.45, 7) is 8.27. The quantitative estimate of drug-likeness (QED) is 0.228. The van der Waals surface area contributed by atoms with Gasteiger partial charge in [0.2, 0.25) is 12.0 Å². The molecule has 0 saturated carbocycles. The van der Waals surface area contributed by atoms with Crippen molar-refractivity contribution in [1.29, 1.82) is 0 Å². The molecule has 1 aliphatic carbocycles. The fraction of sp³-hybridized carbons (Fsp3) is 0.417. The number of carboxylic acid groups (broad SMARTS) is 1. The number of aromatic hydroxyl groups is 1. The second kappa shape index (κ2) is 14.0. The summed E-state index contributed by atoms with van der Waals surface area (Å²) >= 11 is 16.0. The molecule has 2 aromatic carbocycles. The van der Waals surface area contributed by atoms with E-state index in [2.05, 4.69) is 32.9 Å². The van der Waals surface area contributed by atoms with Gasteiger partial charge in [-0.05, 0) is 80.6 Å². The number of phenolic OH excluding ortho intramolecular Hbond substituents is 1. The van der Waals surface area contributed by atoms with E-state index in [-0.39, 0.29) is 24.7 Å². The third-order valence-electron chi connectivity index (χ3n) is 9.61. The van der Waals surface area contributed by atoms with E-state index in [4.69, 9.17) is 37.4 Å². The van der Waals surface area contributed by atoms with E-state index in [1.165, 1.54) is 29.3 Å². The molecule has 258 valence electrons. The Morgan fingerprint density at radius 2 is 1.82 bits per heavy atom. The van der Waals surface area contributed by atoms with Crippen LogP contribution in [-0.4, -0.2) is 94.5 Å². The molecule has 3 aliphatic heterocycles. The highest BCUT2D eigenvalue weighted by Gasteiger charge is 2.32. The van der Waals surface area contributed by atoms with Crippen molar-refractivity contribution in [1.82, 2.24) is 19.8 Å². The number of piperazine rings is 1. The molecule has 2 N–H and O–H groups in total. The molecule has 13 heteroatoms. The summed E-state index contributed by atoms with van der Waals surface area (Å²) in [5.74, 6) is -0.294. The van der Waals surface area contributed by atoms with Crippen molar-refractivity contribution >= 4 is 56.3 Å². The van der Waals surface area contributed by atoms with Gasteiger partial charge in [0.1, 0.15) is 35.4 Å². The number of carbonyl (C=O) groups is 1. The molecule has 4 bridgehead atoms. The summed E-state index contributed by atoms with van der Waals surface area (Å²) < 4.78 is 19.2. The van der Waals surface area contributed by atoms with Gasteiger partial charge < -0.3 is 29.3 Å². The molecule has 2 atom stereocenters. The van der Waals surface area contributed by atoms with E-state index >= 15 is 0 Å². The Hall–Kier alpha value is -3.61. The molecule has 1 saturated heterocycles. The molecule has 49 heavy (non-hydrogen) atoms. The molecular weight excluding hydrogens is 687 g/mol. The van der Waals surface area contributed by atoms with Crippen LogP contribution in [0, 0.1) is 13.8 Å². The summed E-state index contributed by atoms with van der Waals surface area (Å²) in [7, 11) is 2.11. The number of ether oxygens (including phenoxy) is 3. The van der Waals surface area contributed by atoms with Gasteiger partial charge in [-0.25, -0.2) is 14.8 Å². The standard InChI is InChI=1S/C36H38Cl2N4O6S/c1-19-27-20(2)31(38)32(30(19)37)47-24(16-42-12-10-41(3)11-13-42)17-46-23-8-9-25(43)22(14-23)15-26(36(44)45)48-34-29-28(27)33(21-6-4-5-7-21)49-35(29)40-18-39-34/h6,8-9,14,18,24,26,43H,4-5,7,10-13,15-17H2,1-3H3,(H,44,45)/t24-,26-/m1/s1. The number of benzene rings is 2. The highest BCUT2D eigenvalue weighted by atomic mass is 35.5. The maximum Gasteiger partial charge on any atom is 0.345 e. The van der Waals surface area contributed by atoms with Crippen LogP contribution in [-0.2, 0) is 11.2 Å². The number of thiophene rings is 1. The SMILES string of the molecule is Cc1c(Cl)c2c(Cl)c(C)c1-c1c(C3=CCCC3)sc3ncnc(c13)O[C@@H](C(=O)O)Cc1cc(ccc1O)OC[C@@H](CN1CCN(C)CC1)O2. The number of phenols is 1. The third-order valence-corrected chi connectivity index (χ3v) is 11.7. The predicted octanol–water partition coefficient (Wildman–Crippen LogP) is 7.02. The van der Waals surface area contributed by atoms with Crippen molar-refractivity contribution in [2.45, 2.75) is 51.7 Å². The van der Waals surface area contributed by atoms with Gasteiger partial charge in [-0.3, -0.25) is 4.90 Å². The first-order valence-electron chi connectivity index (χ1n) is 16.5. The van der Waals surface area contributed by atoms with Crippen LogP contribution in [0.2, 0.25) is 10.0 Å². The van der Waals surface area contributed by atoms with Gasteiger partial charge in [0.25, 0.3) is 0 Å². The smallest absolute Gasteiger partial charge is 0.345 e. The fourth-order valence-corrected chi connectivity index (χ4v) is 8.60. The van der Waals surface area contributed by atoms with E-state index in [0.717, 1.165) is 72.6 Å². The lowest BCUT2D eigenvalue weighted by Gasteiger charge is -2.35. The maximum absolute atomic E-state index is 12.7. The number of halogens is 2. The number of carboxylic acids is 1. The zero-order valence-corrected chi connectivity index (χ0v) is 29.9. The molecular formula is C36H38Cl2N4O6S. The molecule has 4 aliphatic rings. The number of aromatic nitrogens is 2. The molecule has 0 unspecified atom stereocenters. The largest absolute Gasteiger partial charge is 0.508 e. The van der Waals surface area contributed by atoms with E-state index in [1.807, 2.05) is 13.8 Å². The summed E-state index contributed by atoms with van der Waals surface area (Å²) in [4.78, 5) is 28.1. The Morgan fingerprint density at radius 1 is 1.06 bits per heavy atom. The number of nitrogens with zero attached hydrogens (tertiary/aromatic N) is 4. The van der Waals surface area contributed by atoms with Crippen LogP contribution in [0.25, 0.3) is 26.9 Å².